The average molecular weight is 546 g/mol. The van der Waals surface area contributed by atoms with Gasteiger partial charge in [0.05, 0.1) is 23.3 Å². The third-order valence-electron chi connectivity index (χ3n) is 7.61. The van der Waals surface area contributed by atoms with Crippen molar-refractivity contribution in [1.82, 2.24) is 10.1 Å². The number of carbonyl (C=O) groups is 1. The highest BCUT2D eigenvalue weighted by molar-refractivity contribution is 6.33. The number of anilines is 1. The Bertz CT molecular complexity index is 1330. The number of fused-ring (bicyclic) bond motifs is 2. The number of carboxylic acid groups (broad SMARTS) is 1. The van der Waals surface area contributed by atoms with E-state index in [1.807, 2.05) is 0 Å². The highest BCUT2D eigenvalue weighted by Gasteiger charge is 2.42. The number of carboxylic acids is 1. The third-order valence-corrected chi connectivity index (χ3v) is 7.92. The molecule has 1 N–H and O–H groups in total. The molecule has 3 aromatic rings. The van der Waals surface area contributed by atoms with Gasteiger partial charge in [0.15, 0.2) is 0 Å². The maximum atomic E-state index is 13.0. The van der Waals surface area contributed by atoms with Crippen molar-refractivity contribution < 1.29 is 32.7 Å². The monoisotopic (exact) mass is 545 g/mol. The van der Waals surface area contributed by atoms with Crippen molar-refractivity contribution in [3.63, 3.8) is 0 Å². The number of hydrogen-bond acceptors (Lipinski definition) is 7. The summed E-state index contributed by atoms with van der Waals surface area (Å²) in [5.41, 5.74) is 1.69. The number of benzene rings is 1. The van der Waals surface area contributed by atoms with Crippen LogP contribution in [0.25, 0.3) is 11.3 Å². The minimum Gasteiger partial charge on any atom is -0.478 e. The second kappa shape index (κ2) is 10.1. The van der Waals surface area contributed by atoms with Crippen molar-refractivity contribution >= 4 is 23.4 Å². The molecule has 1 aliphatic carbocycles. The van der Waals surface area contributed by atoms with Gasteiger partial charge in [-0.3, -0.25) is 0 Å². The number of para-hydroxylation sites is 1. The Morgan fingerprint density at radius 3 is 2.58 bits per heavy atom. The number of pyridine rings is 1. The van der Waals surface area contributed by atoms with E-state index in [0.717, 1.165) is 49.8 Å². The van der Waals surface area contributed by atoms with Crippen LogP contribution in [0.4, 0.5) is 14.6 Å². The van der Waals surface area contributed by atoms with Crippen LogP contribution in [0.15, 0.2) is 41.1 Å². The summed E-state index contributed by atoms with van der Waals surface area (Å²) in [5.74, 6) is 0.640. The predicted molar refractivity (Wildman–Crippen MR) is 134 cm³/mol. The quantitative estimate of drug-likeness (QED) is 0.335. The largest absolute Gasteiger partial charge is 0.478 e. The fourth-order valence-corrected chi connectivity index (χ4v) is 5.99. The fraction of sp³-hybridized carbons (Fsp3) is 0.444. The molecule has 4 heterocycles. The molecule has 3 fully saturated rings. The minimum absolute atomic E-state index is 0.0140. The number of aromatic carboxylic acids is 1. The Morgan fingerprint density at radius 1 is 1.18 bits per heavy atom. The Morgan fingerprint density at radius 2 is 1.92 bits per heavy atom. The van der Waals surface area contributed by atoms with Crippen LogP contribution in [0.1, 0.15) is 66.1 Å². The van der Waals surface area contributed by atoms with Gasteiger partial charge in [-0.2, -0.15) is 8.78 Å². The lowest BCUT2D eigenvalue weighted by Crippen LogP contribution is -2.46. The molecule has 2 unspecified atom stereocenters. The zero-order valence-corrected chi connectivity index (χ0v) is 21.1. The molecule has 0 radical (unpaired) electrons. The molecule has 3 aliphatic rings. The first-order valence-electron chi connectivity index (χ1n) is 12.7. The topological polar surface area (TPSA) is 97.9 Å². The SMILES string of the molecule is O=C(O)c1cnc(N2C3CCC2CC(OCc2c(-c4ccccc4OC(F)F)noc2C2CC2)C3)cc1Cl. The molecular weight excluding hydrogens is 520 g/mol. The molecule has 1 aromatic carbocycles. The Balaban J connectivity index is 1.19. The molecule has 0 amide bonds. The highest BCUT2D eigenvalue weighted by atomic mass is 35.5. The van der Waals surface area contributed by atoms with E-state index < -0.39 is 12.6 Å². The zero-order valence-electron chi connectivity index (χ0n) is 20.4. The van der Waals surface area contributed by atoms with E-state index >= 15 is 0 Å². The molecule has 1 saturated carbocycles. The van der Waals surface area contributed by atoms with Crippen LogP contribution in [-0.2, 0) is 11.3 Å². The first-order chi connectivity index (χ1) is 18.4. The molecule has 2 atom stereocenters. The van der Waals surface area contributed by atoms with E-state index in [9.17, 15) is 18.7 Å². The van der Waals surface area contributed by atoms with Gasteiger partial charge in [-0.05, 0) is 50.7 Å². The molecule has 2 aliphatic heterocycles. The summed E-state index contributed by atoms with van der Waals surface area (Å²) in [6.07, 6.45) is 6.81. The molecule has 2 aromatic heterocycles. The number of hydrogen-bond donors (Lipinski definition) is 1. The van der Waals surface area contributed by atoms with Crippen LogP contribution in [0.2, 0.25) is 5.02 Å². The lowest BCUT2D eigenvalue weighted by atomic mass is 9.99. The van der Waals surface area contributed by atoms with E-state index in [4.69, 9.17) is 25.6 Å². The standard InChI is InChI=1S/C27H26ClF2N3O5/c28-21-11-23(31-12-19(21)26(34)35)33-15-7-8-16(33)10-17(9-15)36-13-20-24(32-38-25(20)14-5-6-14)18-3-1-2-4-22(18)37-27(29)30/h1-4,11-12,14-17,27H,5-10,13H2,(H,34,35). The van der Waals surface area contributed by atoms with Crippen LogP contribution in [0.5, 0.6) is 5.75 Å². The molecular formula is C27H26ClF2N3O5. The lowest BCUT2D eigenvalue weighted by molar-refractivity contribution is -0.0494. The predicted octanol–water partition coefficient (Wildman–Crippen LogP) is 6.28. The number of ether oxygens (including phenoxy) is 2. The molecule has 200 valence electrons. The number of rotatable bonds is 9. The molecule has 6 rings (SSSR count). The van der Waals surface area contributed by atoms with Gasteiger partial charge in [-0.15, -0.1) is 0 Å². The maximum absolute atomic E-state index is 13.0. The van der Waals surface area contributed by atoms with Crippen LogP contribution in [-0.4, -0.2) is 46.0 Å². The Labute approximate surface area is 222 Å². The van der Waals surface area contributed by atoms with Crippen LogP contribution in [0.3, 0.4) is 0 Å². The summed E-state index contributed by atoms with van der Waals surface area (Å²) < 4.78 is 42.9. The van der Waals surface area contributed by atoms with Crippen molar-refractivity contribution in [2.75, 3.05) is 4.90 Å². The second-order valence-corrected chi connectivity index (χ2v) is 10.5. The van der Waals surface area contributed by atoms with Gasteiger partial charge < -0.3 is 24.0 Å². The lowest BCUT2D eigenvalue weighted by Gasteiger charge is -2.39. The third kappa shape index (κ3) is 4.82. The summed E-state index contributed by atoms with van der Waals surface area (Å²) in [7, 11) is 0. The van der Waals surface area contributed by atoms with E-state index in [-0.39, 0.29) is 47.0 Å². The van der Waals surface area contributed by atoms with Crippen molar-refractivity contribution in [1.29, 1.82) is 0 Å². The smallest absolute Gasteiger partial charge is 0.387 e. The Hall–Kier alpha value is -3.24. The molecule has 11 heteroatoms. The summed E-state index contributed by atoms with van der Waals surface area (Å²) in [6, 6.07) is 8.60. The Kier molecular flexibility index (Phi) is 6.69. The maximum Gasteiger partial charge on any atom is 0.387 e. The zero-order chi connectivity index (χ0) is 26.4. The number of alkyl halides is 2. The van der Waals surface area contributed by atoms with E-state index in [1.54, 1.807) is 24.3 Å². The van der Waals surface area contributed by atoms with Crippen molar-refractivity contribution in [3.8, 4) is 17.0 Å². The summed E-state index contributed by atoms with van der Waals surface area (Å²) in [5, 5.41) is 13.7. The minimum atomic E-state index is -2.95. The van der Waals surface area contributed by atoms with Gasteiger partial charge in [0.2, 0.25) is 0 Å². The molecule has 2 bridgehead atoms. The molecule has 0 spiro atoms. The highest BCUT2D eigenvalue weighted by Crippen LogP contribution is 2.46. The summed E-state index contributed by atoms with van der Waals surface area (Å²) >= 11 is 6.21. The van der Waals surface area contributed by atoms with Crippen LogP contribution < -0.4 is 9.64 Å². The number of piperidine rings is 1. The molecule has 8 nitrogen and oxygen atoms in total. The second-order valence-electron chi connectivity index (χ2n) is 10.0. The van der Waals surface area contributed by atoms with E-state index in [0.29, 0.717) is 17.1 Å². The normalized spacial score (nSPS) is 22.7. The average Bonchev–Trinajstić information content (AvgIpc) is 3.58. The van der Waals surface area contributed by atoms with Crippen LogP contribution in [0, 0.1) is 0 Å². The fourth-order valence-electron chi connectivity index (χ4n) is 5.76. The number of aromatic nitrogens is 2. The van der Waals surface area contributed by atoms with Crippen molar-refractivity contribution in [2.24, 2.45) is 0 Å². The van der Waals surface area contributed by atoms with E-state index in [2.05, 4.69) is 15.0 Å². The first kappa shape index (κ1) is 25.1. The first-order valence-corrected chi connectivity index (χ1v) is 13.1. The van der Waals surface area contributed by atoms with Gasteiger partial charge in [0.25, 0.3) is 0 Å². The van der Waals surface area contributed by atoms with Crippen molar-refractivity contribution in [3.05, 3.63) is 58.4 Å². The van der Waals surface area contributed by atoms with E-state index in [1.165, 1.54) is 12.3 Å². The summed E-state index contributed by atoms with van der Waals surface area (Å²) in [6.45, 7) is -2.69. The van der Waals surface area contributed by atoms with Gasteiger partial charge >= 0.3 is 12.6 Å². The summed E-state index contributed by atoms with van der Waals surface area (Å²) in [4.78, 5) is 17.9. The number of halogens is 3. The van der Waals surface area contributed by atoms with Gasteiger partial charge in [-0.1, -0.05) is 28.9 Å². The number of nitrogens with zero attached hydrogens (tertiary/aromatic N) is 3. The molecule has 38 heavy (non-hydrogen) atoms. The van der Waals surface area contributed by atoms with Crippen LogP contribution >= 0.6 is 11.6 Å². The molecule has 2 saturated heterocycles. The van der Waals surface area contributed by atoms with Crippen molar-refractivity contribution in [2.45, 2.75) is 75.8 Å². The van der Waals surface area contributed by atoms with Gasteiger partial charge in [0, 0.05) is 41.4 Å². The van der Waals surface area contributed by atoms with Gasteiger partial charge in [0.1, 0.15) is 23.0 Å². The van der Waals surface area contributed by atoms with Gasteiger partial charge in [-0.25, -0.2) is 9.78 Å².